The van der Waals surface area contributed by atoms with Gasteiger partial charge in [0.1, 0.15) is 0 Å². The average Bonchev–Trinajstić information content (AvgIpc) is 2.92. The van der Waals surface area contributed by atoms with Crippen molar-refractivity contribution in [2.75, 3.05) is 7.11 Å². The summed E-state index contributed by atoms with van der Waals surface area (Å²) in [5, 5.41) is 3.42. The Hall–Kier alpha value is -3.68. The Morgan fingerprint density at radius 1 is 0.706 bits per heavy atom. The van der Waals surface area contributed by atoms with Crippen LogP contribution in [0.3, 0.4) is 0 Å². The number of hydrogen-bond acceptors (Lipinski definition) is 3. The van der Waals surface area contributed by atoms with Crippen molar-refractivity contribution >= 4 is 40.0 Å². The van der Waals surface area contributed by atoms with Crippen molar-refractivity contribution in [1.82, 2.24) is 5.48 Å². The van der Waals surface area contributed by atoms with Crippen LogP contribution in [0.5, 0.6) is 0 Å². The second-order valence-electron chi connectivity index (χ2n) is 7.04. The van der Waals surface area contributed by atoms with Gasteiger partial charge in [-0.25, -0.2) is 10.5 Å². The number of rotatable bonds is 6. The van der Waals surface area contributed by atoms with E-state index in [1.54, 1.807) is 12.1 Å². The first kappa shape index (κ1) is 25.0. The summed E-state index contributed by atoms with van der Waals surface area (Å²) in [6.45, 7) is 1.64. The quantitative estimate of drug-likeness (QED) is 0.230. The number of benzene rings is 4. The van der Waals surface area contributed by atoms with E-state index in [0.717, 1.165) is 15.9 Å². The van der Waals surface area contributed by atoms with Crippen LogP contribution in [0.2, 0.25) is 0 Å². The average molecular weight is 469 g/mol. The van der Waals surface area contributed by atoms with Crippen molar-refractivity contribution in [3.8, 4) is 0 Å². The van der Waals surface area contributed by atoms with Gasteiger partial charge in [0.15, 0.2) is 0 Å². The number of nitrogens with zero attached hydrogens (tertiary/aromatic N) is 1. The van der Waals surface area contributed by atoms with E-state index < -0.39 is 6.89 Å². The lowest BCUT2D eigenvalue weighted by atomic mass is 10.2. The first-order valence-corrected chi connectivity index (χ1v) is 13.0. The van der Waals surface area contributed by atoms with Crippen LogP contribution in [-0.2, 0) is 4.84 Å². The maximum atomic E-state index is 12.5. The third-order valence-electron chi connectivity index (χ3n) is 5.09. The summed E-state index contributed by atoms with van der Waals surface area (Å²) in [4.78, 5) is 22.1. The fraction of sp³-hybridized carbons (Fsp3) is 0.103. The van der Waals surface area contributed by atoms with Crippen molar-refractivity contribution < 1.29 is 9.63 Å². The zero-order valence-corrected chi connectivity index (χ0v) is 20.6. The third-order valence-corrected chi connectivity index (χ3v) is 8.71. The van der Waals surface area contributed by atoms with E-state index >= 15 is 0 Å². The molecule has 34 heavy (non-hydrogen) atoms. The zero-order valence-electron chi connectivity index (χ0n) is 19.7. The van der Waals surface area contributed by atoms with Crippen molar-refractivity contribution in [3.05, 3.63) is 121 Å². The zero-order chi connectivity index (χ0) is 24.2. The van der Waals surface area contributed by atoms with Gasteiger partial charge in [0.05, 0.1) is 18.4 Å². The van der Waals surface area contributed by atoms with E-state index in [4.69, 9.17) is 9.83 Å². The monoisotopic (exact) mass is 468 g/mol. The number of nitrogens with one attached hydrogen (secondary N) is 1. The molecule has 0 bridgehead atoms. The Kier molecular flexibility index (Phi) is 9.20. The number of aliphatic imine (C=N–C) groups is 1. The number of carbonyl (C=O) groups is 1. The SMILES string of the molecule is CC.CONC(=O)c1ccccc1N=C=P(c1ccccc1)(c1ccccc1)c1ccccc1. The standard InChI is InChI=1S/C27H23N2O2P.C2H6/c1-31-29-27(30)25-19-11-12-20-26(25)28-21-32(22-13-5-2-6-14-22,23-15-7-3-8-16-23)24-17-9-4-10-18-24;1-2/h2-20H,1H3,(H,29,30);1-2H3. The molecule has 0 radical (unpaired) electrons. The molecule has 0 atom stereocenters. The Bertz CT molecular complexity index is 1180. The van der Waals surface area contributed by atoms with Crippen LogP contribution < -0.4 is 21.4 Å². The first-order chi connectivity index (χ1) is 16.8. The van der Waals surface area contributed by atoms with Crippen LogP contribution >= 0.6 is 6.89 Å². The van der Waals surface area contributed by atoms with Crippen LogP contribution in [0.25, 0.3) is 0 Å². The predicted octanol–water partition coefficient (Wildman–Crippen LogP) is 5.53. The Balaban J connectivity index is 0.00000158. The summed E-state index contributed by atoms with van der Waals surface area (Å²) < 4.78 is 0. The summed E-state index contributed by atoms with van der Waals surface area (Å²) in [5.74, 6) is -0.350. The van der Waals surface area contributed by atoms with Crippen LogP contribution in [0.15, 0.2) is 120 Å². The highest BCUT2D eigenvalue weighted by atomic mass is 31.2. The predicted molar refractivity (Wildman–Crippen MR) is 145 cm³/mol. The van der Waals surface area contributed by atoms with Gasteiger partial charge in [-0.2, -0.15) is 0 Å². The summed E-state index contributed by atoms with van der Waals surface area (Å²) in [5.41, 5.74) is 6.89. The van der Waals surface area contributed by atoms with Gasteiger partial charge in [-0.3, -0.25) is 9.63 Å². The van der Waals surface area contributed by atoms with Crippen molar-refractivity contribution in [3.63, 3.8) is 0 Å². The van der Waals surface area contributed by atoms with E-state index in [0.29, 0.717) is 11.3 Å². The van der Waals surface area contributed by atoms with Crippen LogP contribution in [0.4, 0.5) is 5.69 Å². The molecule has 0 aromatic heterocycles. The Morgan fingerprint density at radius 3 is 1.56 bits per heavy atom. The molecule has 0 aliphatic rings. The molecule has 0 heterocycles. The molecular formula is C29H29N2O2P. The summed E-state index contributed by atoms with van der Waals surface area (Å²) in [7, 11) is 1.41. The fourth-order valence-corrected chi connectivity index (χ4v) is 6.97. The highest BCUT2D eigenvalue weighted by Gasteiger charge is 2.25. The molecule has 1 amide bonds. The number of hydrogen-bond donors (Lipinski definition) is 1. The number of carbonyl (C=O) groups excluding carboxylic acids is 1. The fourth-order valence-electron chi connectivity index (χ4n) is 3.61. The smallest absolute Gasteiger partial charge is 0.277 e. The van der Waals surface area contributed by atoms with Crippen molar-refractivity contribution in [1.29, 1.82) is 0 Å². The van der Waals surface area contributed by atoms with Gasteiger partial charge in [-0.05, 0) is 33.6 Å². The van der Waals surface area contributed by atoms with Crippen LogP contribution in [-0.4, -0.2) is 18.6 Å². The highest BCUT2D eigenvalue weighted by Crippen LogP contribution is 2.43. The molecule has 172 valence electrons. The molecule has 4 rings (SSSR count). The molecule has 0 saturated heterocycles. The third kappa shape index (κ3) is 5.44. The minimum Gasteiger partial charge on any atom is -0.277 e. The maximum absolute atomic E-state index is 12.5. The summed E-state index contributed by atoms with van der Waals surface area (Å²) in [6.07, 6.45) is 0. The molecule has 4 nitrogen and oxygen atoms in total. The summed E-state index contributed by atoms with van der Waals surface area (Å²) in [6, 6.07) is 38.2. The van der Waals surface area contributed by atoms with Gasteiger partial charge in [0.2, 0.25) is 0 Å². The van der Waals surface area contributed by atoms with E-state index in [1.165, 1.54) is 7.11 Å². The molecule has 0 unspecified atom stereocenters. The minimum atomic E-state index is -2.36. The first-order valence-electron chi connectivity index (χ1n) is 11.2. The van der Waals surface area contributed by atoms with E-state index in [9.17, 15) is 4.79 Å². The lowest BCUT2D eigenvalue weighted by Crippen LogP contribution is -2.25. The lowest BCUT2D eigenvalue weighted by Gasteiger charge is -2.25. The highest BCUT2D eigenvalue weighted by molar-refractivity contribution is 7.93. The minimum absolute atomic E-state index is 0.350. The second-order valence-corrected chi connectivity index (χ2v) is 10.1. The van der Waals surface area contributed by atoms with Gasteiger partial charge in [0, 0.05) is 6.89 Å². The van der Waals surface area contributed by atoms with Crippen LogP contribution in [0, 0.1) is 0 Å². The largest absolute Gasteiger partial charge is 0.277 e. The summed E-state index contributed by atoms with van der Waals surface area (Å²) >= 11 is 0. The maximum Gasteiger partial charge on any atom is 0.277 e. The molecule has 0 saturated carbocycles. The molecule has 4 aromatic rings. The van der Waals surface area contributed by atoms with Gasteiger partial charge in [-0.15, -0.1) is 0 Å². The van der Waals surface area contributed by atoms with Gasteiger partial charge < -0.3 is 0 Å². The molecule has 4 aromatic carbocycles. The molecule has 0 spiro atoms. The Labute approximate surface area is 201 Å². The molecule has 0 aliphatic carbocycles. The number of para-hydroxylation sites is 1. The molecular weight excluding hydrogens is 439 g/mol. The van der Waals surface area contributed by atoms with Crippen molar-refractivity contribution in [2.45, 2.75) is 13.8 Å². The number of hydroxylamine groups is 1. The van der Waals surface area contributed by atoms with E-state index in [2.05, 4.69) is 47.5 Å². The van der Waals surface area contributed by atoms with E-state index in [1.807, 2.05) is 80.6 Å². The number of amides is 1. The van der Waals surface area contributed by atoms with Gasteiger partial charge >= 0.3 is 0 Å². The molecule has 0 fully saturated rings. The second kappa shape index (κ2) is 12.5. The Morgan fingerprint density at radius 2 is 1.12 bits per heavy atom. The normalized spacial score (nSPS) is 10.3. The molecule has 1 N–H and O–H groups in total. The van der Waals surface area contributed by atoms with Gasteiger partial charge in [-0.1, -0.05) is 117 Å². The van der Waals surface area contributed by atoms with Crippen molar-refractivity contribution in [2.24, 2.45) is 4.99 Å². The molecule has 5 heteroatoms. The topological polar surface area (TPSA) is 50.7 Å². The molecule has 0 aliphatic heterocycles. The lowest BCUT2D eigenvalue weighted by molar-refractivity contribution is 0.0538. The van der Waals surface area contributed by atoms with Crippen LogP contribution in [0.1, 0.15) is 24.2 Å². The van der Waals surface area contributed by atoms with Gasteiger partial charge in [0.25, 0.3) is 5.91 Å². The van der Waals surface area contributed by atoms with E-state index in [-0.39, 0.29) is 5.91 Å².